The minimum Gasteiger partial charge on any atom is -0.379 e. The Kier molecular flexibility index (Phi) is 4.08. The molecule has 0 radical (unpaired) electrons. The SMILES string of the molecule is CC(N)CCC1(c2ccc(C(C)C)cc2)COC1. The average Bonchev–Trinajstić information content (AvgIpc) is 2.28. The van der Waals surface area contributed by atoms with E-state index in [9.17, 15) is 0 Å². The molecule has 1 aliphatic rings. The summed E-state index contributed by atoms with van der Waals surface area (Å²) in [7, 11) is 0. The van der Waals surface area contributed by atoms with Gasteiger partial charge in [0.25, 0.3) is 0 Å². The van der Waals surface area contributed by atoms with Crippen molar-refractivity contribution < 1.29 is 4.74 Å². The highest BCUT2D eigenvalue weighted by Gasteiger charge is 2.39. The lowest BCUT2D eigenvalue weighted by Gasteiger charge is -2.42. The van der Waals surface area contributed by atoms with Gasteiger partial charge in [-0.15, -0.1) is 0 Å². The zero-order valence-corrected chi connectivity index (χ0v) is 11.8. The van der Waals surface area contributed by atoms with Crippen LogP contribution in [0.2, 0.25) is 0 Å². The minimum atomic E-state index is 0.225. The lowest BCUT2D eigenvalue weighted by Crippen LogP contribution is -2.47. The van der Waals surface area contributed by atoms with Gasteiger partial charge in [0.2, 0.25) is 0 Å². The molecule has 2 rings (SSSR count). The van der Waals surface area contributed by atoms with Crippen LogP contribution in [-0.2, 0) is 10.2 Å². The van der Waals surface area contributed by atoms with Crippen LogP contribution in [0.4, 0.5) is 0 Å². The molecule has 2 N–H and O–H groups in total. The molecule has 1 fully saturated rings. The van der Waals surface area contributed by atoms with Gasteiger partial charge in [0.15, 0.2) is 0 Å². The molecule has 0 spiro atoms. The molecule has 2 nitrogen and oxygen atoms in total. The Morgan fingerprint density at radius 1 is 1.17 bits per heavy atom. The lowest BCUT2D eigenvalue weighted by molar-refractivity contribution is -0.0656. The van der Waals surface area contributed by atoms with E-state index in [4.69, 9.17) is 10.5 Å². The number of hydrogen-bond acceptors (Lipinski definition) is 2. The molecule has 1 aromatic rings. The maximum absolute atomic E-state index is 5.88. The van der Waals surface area contributed by atoms with E-state index in [1.54, 1.807) is 0 Å². The zero-order valence-electron chi connectivity index (χ0n) is 11.8. The molecular formula is C16H25NO. The molecule has 0 aromatic heterocycles. The van der Waals surface area contributed by atoms with Gasteiger partial charge in [0.1, 0.15) is 0 Å². The van der Waals surface area contributed by atoms with Crippen molar-refractivity contribution in [3.63, 3.8) is 0 Å². The summed E-state index contributed by atoms with van der Waals surface area (Å²) in [6, 6.07) is 9.34. The van der Waals surface area contributed by atoms with E-state index in [1.165, 1.54) is 11.1 Å². The number of rotatable bonds is 5. The second kappa shape index (κ2) is 5.41. The Morgan fingerprint density at radius 3 is 2.17 bits per heavy atom. The third kappa shape index (κ3) is 2.76. The second-order valence-electron chi connectivity index (χ2n) is 6.07. The maximum atomic E-state index is 5.88. The van der Waals surface area contributed by atoms with Gasteiger partial charge in [-0.3, -0.25) is 0 Å². The summed E-state index contributed by atoms with van der Waals surface area (Å²) in [5.41, 5.74) is 8.92. The van der Waals surface area contributed by atoms with E-state index in [0.29, 0.717) is 5.92 Å². The number of ether oxygens (including phenoxy) is 1. The van der Waals surface area contributed by atoms with Crippen LogP contribution in [0, 0.1) is 0 Å². The number of nitrogens with two attached hydrogens (primary N) is 1. The molecule has 1 aromatic carbocycles. The fraction of sp³-hybridized carbons (Fsp3) is 0.625. The Balaban J connectivity index is 2.12. The first kappa shape index (κ1) is 13.6. The molecule has 1 atom stereocenters. The monoisotopic (exact) mass is 247 g/mol. The number of hydrogen-bond donors (Lipinski definition) is 1. The van der Waals surface area contributed by atoms with E-state index in [1.807, 2.05) is 0 Å². The zero-order chi connectivity index (χ0) is 13.2. The summed E-state index contributed by atoms with van der Waals surface area (Å²) in [6.45, 7) is 8.23. The van der Waals surface area contributed by atoms with Gasteiger partial charge in [-0.05, 0) is 36.8 Å². The van der Waals surface area contributed by atoms with Crippen LogP contribution in [0.25, 0.3) is 0 Å². The molecule has 0 aliphatic carbocycles. The topological polar surface area (TPSA) is 35.2 Å². The van der Waals surface area contributed by atoms with Crippen LogP contribution < -0.4 is 5.73 Å². The highest BCUT2D eigenvalue weighted by atomic mass is 16.5. The van der Waals surface area contributed by atoms with Gasteiger partial charge >= 0.3 is 0 Å². The summed E-state index contributed by atoms with van der Waals surface area (Å²) in [5.74, 6) is 0.594. The Labute approximate surface area is 111 Å². The third-order valence-electron chi connectivity index (χ3n) is 4.02. The van der Waals surface area contributed by atoms with Gasteiger partial charge in [-0.25, -0.2) is 0 Å². The van der Waals surface area contributed by atoms with Gasteiger partial charge in [-0.2, -0.15) is 0 Å². The normalized spacial score (nSPS) is 19.6. The smallest absolute Gasteiger partial charge is 0.0585 e. The van der Waals surface area contributed by atoms with Crippen LogP contribution >= 0.6 is 0 Å². The summed E-state index contributed by atoms with van der Waals surface area (Å²) < 4.78 is 5.46. The molecule has 1 unspecified atom stereocenters. The standard InChI is InChI=1S/C16H25NO/c1-12(2)14-4-6-15(7-5-14)16(10-18-11-16)9-8-13(3)17/h4-7,12-13H,8-11,17H2,1-3H3. The van der Waals surface area contributed by atoms with Crippen molar-refractivity contribution in [2.45, 2.75) is 51.0 Å². The van der Waals surface area contributed by atoms with Crippen LogP contribution in [-0.4, -0.2) is 19.3 Å². The van der Waals surface area contributed by atoms with Crippen molar-refractivity contribution in [1.82, 2.24) is 0 Å². The van der Waals surface area contributed by atoms with Crippen molar-refractivity contribution in [3.05, 3.63) is 35.4 Å². The van der Waals surface area contributed by atoms with Crippen LogP contribution in [0.5, 0.6) is 0 Å². The molecule has 0 saturated carbocycles. The van der Waals surface area contributed by atoms with Crippen molar-refractivity contribution >= 4 is 0 Å². The van der Waals surface area contributed by atoms with Gasteiger partial charge in [0, 0.05) is 11.5 Å². The van der Waals surface area contributed by atoms with Crippen LogP contribution in [0.3, 0.4) is 0 Å². The van der Waals surface area contributed by atoms with Gasteiger partial charge in [0.05, 0.1) is 13.2 Å². The summed E-state index contributed by atoms with van der Waals surface area (Å²) in [4.78, 5) is 0. The Morgan fingerprint density at radius 2 is 1.78 bits per heavy atom. The second-order valence-corrected chi connectivity index (χ2v) is 6.07. The summed E-state index contributed by atoms with van der Waals surface area (Å²) in [6.07, 6.45) is 2.20. The van der Waals surface area contributed by atoms with Crippen molar-refractivity contribution in [3.8, 4) is 0 Å². The highest BCUT2D eigenvalue weighted by Crippen LogP contribution is 2.37. The summed E-state index contributed by atoms with van der Waals surface area (Å²) >= 11 is 0. The quantitative estimate of drug-likeness (QED) is 0.867. The van der Waals surface area contributed by atoms with Crippen molar-refractivity contribution in [2.24, 2.45) is 5.73 Å². The van der Waals surface area contributed by atoms with Crippen molar-refractivity contribution in [1.29, 1.82) is 0 Å². The molecule has 1 heterocycles. The Bertz CT molecular complexity index is 377. The van der Waals surface area contributed by atoms with E-state index >= 15 is 0 Å². The largest absolute Gasteiger partial charge is 0.379 e. The number of benzene rings is 1. The molecule has 2 heteroatoms. The molecule has 0 amide bonds. The van der Waals surface area contributed by atoms with Crippen LogP contribution in [0.15, 0.2) is 24.3 Å². The van der Waals surface area contributed by atoms with Crippen molar-refractivity contribution in [2.75, 3.05) is 13.2 Å². The highest BCUT2D eigenvalue weighted by molar-refractivity contribution is 5.32. The van der Waals surface area contributed by atoms with Gasteiger partial charge in [-0.1, -0.05) is 38.1 Å². The van der Waals surface area contributed by atoms with E-state index in [-0.39, 0.29) is 11.5 Å². The average molecular weight is 247 g/mol. The maximum Gasteiger partial charge on any atom is 0.0585 e. The first-order valence-corrected chi connectivity index (χ1v) is 6.97. The van der Waals surface area contributed by atoms with E-state index in [0.717, 1.165) is 26.1 Å². The first-order chi connectivity index (χ1) is 8.53. The third-order valence-corrected chi connectivity index (χ3v) is 4.02. The van der Waals surface area contributed by atoms with E-state index in [2.05, 4.69) is 45.0 Å². The summed E-state index contributed by atoms with van der Waals surface area (Å²) in [5, 5.41) is 0. The molecule has 18 heavy (non-hydrogen) atoms. The molecule has 1 aliphatic heterocycles. The van der Waals surface area contributed by atoms with Crippen LogP contribution in [0.1, 0.15) is 50.7 Å². The fourth-order valence-corrected chi connectivity index (χ4v) is 2.53. The van der Waals surface area contributed by atoms with Gasteiger partial charge < -0.3 is 10.5 Å². The molecular weight excluding hydrogens is 222 g/mol. The predicted molar refractivity (Wildman–Crippen MR) is 75.9 cm³/mol. The first-order valence-electron chi connectivity index (χ1n) is 6.97. The predicted octanol–water partition coefficient (Wildman–Crippen LogP) is 3.21. The fourth-order valence-electron chi connectivity index (χ4n) is 2.53. The Hall–Kier alpha value is -0.860. The molecule has 1 saturated heterocycles. The van der Waals surface area contributed by atoms with E-state index < -0.39 is 0 Å². The molecule has 100 valence electrons. The minimum absolute atomic E-state index is 0.225. The lowest BCUT2D eigenvalue weighted by atomic mass is 9.74. The molecule has 0 bridgehead atoms.